The first-order valence-corrected chi connectivity index (χ1v) is 7.20. The first-order chi connectivity index (χ1) is 8.22. The van der Waals surface area contributed by atoms with Gasteiger partial charge in [-0.25, -0.2) is 0 Å². The van der Waals surface area contributed by atoms with Crippen LogP contribution in [-0.4, -0.2) is 49.3 Å². The Morgan fingerprint density at radius 1 is 1.53 bits per heavy atom. The zero-order chi connectivity index (χ0) is 12.5. The molecule has 1 atom stereocenters. The van der Waals surface area contributed by atoms with Crippen molar-refractivity contribution in [2.75, 3.05) is 33.2 Å². The van der Waals surface area contributed by atoms with Crippen molar-refractivity contribution < 1.29 is 5.11 Å². The number of aliphatic hydroxyl groups is 1. The quantitative estimate of drug-likeness (QED) is 0.659. The van der Waals surface area contributed by atoms with Crippen LogP contribution >= 0.6 is 11.3 Å². The zero-order valence-electron chi connectivity index (χ0n) is 10.9. The Kier molecular flexibility index (Phi) is 7.44. The van der Waals surface area contributed by atoms with E-state index in [9.17, 15) is 5.11 Å². The number of hydrogen-bond acceptors (Lipinski definition) is 4. The largest absolute Gasteiger partial charge is 0.390 e. The normalized spacial score (nSPS) is 13.2. The second-order valence-electron chi connectivity index (χ2n) is 4.45. The molecule has 0 spiro atoms. The second-order valence-corrected chi connectivity index (χ2v) is 5.48. The van der Waals surface area contributed by atoms with E-state index in [0.29, 0.717) is 6.54 Å². The summed E-state index contributed by atoms with van der Waals surface area (Å²) in [5, 5.41) is 15.1. The smallest absolute Gasteiger partial charge is 0.0791 e. The monoisotopic (exact) mass is 256 g/mol. The van der Waals surface area contributed by atoms with E-state index in [1.54, 1.807) is 11.3 Å². The lowest BCUT2D eigenvalue weighted by atomic mass is 10.3. The second kappa shape index (κ2) is 8.64. The SMILES string of the molecule is CCCNCC(O)CN(C)CCc1cccs1. The lowest BCUT2D eigenvalue weighted by molar-refractivity contribution is 0.125. The van der Waals surface area contributed by atoms with Gasteiger partial charge < -0.3 is 15.3 Å². The van der Waals surface area contributed by atoms with Crippen LogP contribution in [0.2, 0.25) is 0 Å². The van der Waals surface area contributed by atoms with E-state index < -0.39 is 0 Å². The van der Waals surface area contributed by atoms with Crippen molar-refractivity contribution in [2.45, 2.75) is 25.9 Å². The van der Waals surface area contributed by atoms with E-state index in [1.165, 1.54) is 4.88 Å². The van der Waals surface area contributed by atoms with Crippen molar-refractivity contribution in [1.82, 2.24) is 10.2 Å². The molecule has 0 radical (unpaired) electrons. The molecular formula is C13H24N2OS. The number of nitrogens with one attached hydrogen (secondary N) is 1. The Balaban J connectivity index is 2.09. The highest BCUT2D eigenvalue weighted by Gasteiger charge is 2.07. The van der Waals surface area contributed by atoms with Gasteiger partial charge in [0.1, 0.15) is 0 Å². The lowest BCUT2D eigenvalue weighted by Crippen LogP contribution is -2.37. The molecule has 98 valence electrons. The standard InChI is InChI=1S/C13H24N2OS/c1-3-7-14-10-12(16)11-15(2)8-6-13-5-4-9-17-13/h4-5,9,12,14,16H,3,6-8,10-11H2,1-2H3. The number of nitrogens with zero attached hydrogens (tertiary/aromatic N) is 1. The minimum absolute atomic E-state index is 0.269. The summed E-state index contributed by atoms with van der Waals surface area (Å²) in [6.45, 7) is 5.55. The Morgan fingerprint density at radius 2 is 2.35 bits per heavy atom. The molecule has 2 N–H and O–H groups in total. The van der Waals surface area contributed by atoms with E-state index in [1.807, 2.05) is 0 Å². The Morgan fingerprint density at radius 3 is 3.00 bits per heavy atom. The highest BCUT2D eigenvalue weighted by molar-refractivity contribution is 7.09. The van der Waals surface area contributed by atoms with Gasteiger partial charge in [-0.3, -0.25) is 0 Å². The van der Waals surface area contributed by atoms with Crippen LogP contribution in [0.15, 0.2) is 17.5 Å². The number of hydrogen-bond donors (Lipinski definition) is 2. The molecule has 0 bridgehead atoms. The number of likely N-dealkylation sites (N-methyl/N-ethyl adjacent to an activating group) is 1. The summed E-state index contributed by atoms with van der Waals surface area (Å²) >= 11 is 1.80. The van der Waals surface area contributed by atoms with Gasteiger partial charge >= 0.3 is 0 Å². The minimum Gasteiger partial charge on any atom is -0.390 e. The van der Waals surface area contributed by atoms with Crippen LogP contribution in [0.5, 0.6) is 0 Å². The van der Waals surface area contributed by atoms with E-state index in [4.69, 9.17) is 0 Å². The molecule has 0 fully saturated rings. The molecule has 1 aromatic rings. The zero-order valence-corrected chi connectivity index (χ0v) is 11.7. The maximum atomic E-state index is 9.80. The van der Waals surface area contributed by atoms with E-state index in [2.05, 4.69) is 41.7 Å². The van der Waals surface area contributed by atoms with E-state index >= 15 is 0 Å². The summed E-state index contributed by atoms with van der Waals surface area (Å²) in [7, 11) is 2.07. The van der Waals surface area contributed by atoms with Crippen LogP contribution < -0.4 is 5.32 Å². The molecule has 0 aliphatic carbocycles. The summed E-state index contributed by atoms with van der Waals surface area (Å²) in [6, 6.07) is 4.25. The topological polar surface area (TPSA) is 35.5 Å². The molecule has 0 saturated carbocycles. The predicted molar refractivity (Wildman–Crippen MR) is 74.7 cm³/mol. The minimum atomic E-state index is -0.269. The molecule has 0 aromatic carbocycles. The van der Waals surface area contributed by atoms with Crippen molar-refractivity contribution >= 4 is 11.3 Å². The fraction of sp³-hybridized carbons (Fsp3) is 0.692. The van der Waals surface area contributed by atoms with Crippen LogP contribution in [0.1, 0.15) is 18.2 Å². The van der Waals surface area contributed by atoms with Gasteiger partial charge in [-0.2, -0.15) is 0 Å². The molecule has 1 heterocycles. The average Bonchev–Trinajstić information content (AvgIpc) is 2.79. The van der Waals surface area contributed by atoms with E-state index in [0.717, 1.165) is 32.5 Å². The van der Waals surface area contributed by atoms with Gasteiger partial charge in [0.05, 0.1) is 6.10 Å². The third-order valence-corrected chi connectivity index (χ3v) is 3.59. The van der Waals surface area contributed by atoms with Gasteiger partial charge in [-0.1, -0.05) is 13.0 Å². The molecule has 0 aliphatic rings. The number of thiophene rings is 1. The van der Waals surface area contributed by atoms with Crippen LogP contribution in [0.3, 0.4) is 0 Å². The van der Waals surface area contributed by atoms with Crippen molar-refractivity contribution in [2.24, 2.45) is 0 Å². The molecule has 1 rings (SSSR count). The molecular weight excluding hydrogens is 232 g/mol. The summed E-state index contributed by atoms with van der Waals surface area (Å²) in [5.41, 5.74) is 0. The van der Waals surface area contributed by atoms with Crippen LogP contribution in [0.25, 0.3) is 0 Å². The Bertz CT molecular complexity index is 277. The maximum Gasteiger partial charge on any atom is 0.0791 e. The lowest BCUT2D eigenvalue weighted by Gasteiger charge is -2.20. The number of aliphatic hydroxyl groups excluding tert-OH is 1. The van der Waals surface area contributed by atoms with Gasteiger partial charge in [0.15, 0.2) is 0 Å². The highest BCUT2D eigenvalue weighted by atomic mass is 32.1. The van der Waals surface area contributed by atoms with Crippen LogP contribution in [0, 0.1) is 0 Å². The summed E-state index contributed by atoms with van der Waals surface area (Å²) in [4.78, 5) is 3.60. The Labute approximate surface area is 108 Å². The predicted octanol–water partition coefficient (Wildman–Crippen LogP) is 1.58. The Hall–Kier alpha value is -0.420. The summed E-state index contributed by atoms with van der Waals surface area (Å²) in [5.74, 6) is 0. The molecule has 0 amide bonds. The van der Waals surface area contributed by atoms with Gasteiger partial charge in [0.2, 0.25) is 0 Å². The van der Waals surface area contributed by atoms with E-state index in [-0.39, 0.29) is 6.10 Å². The molecule has 4 heteroatoms. The van der Waals surface area contributed by atoms with Gasteiger partial charge in [-0.05, 0) is 37.9 Å². The fourth-order valence-electron chi connectivity index (χ4n) is 1.72. The maximum absolute atomic E-state index is 9.80. The first-order valence-electron chi connectivity index (χ1n) is 6.32. The molecule has 0 aliphatic heterocycles. The van der Waals surface area contributed by atoms with Crippen molar-refractivity contribution in [3.05, 3.63) is 22.4 Å². The molecule has 1 unspecified atom stereocenters. The van der Waals surface area contributed by atoms with Crippen LogP contribution in [-0.2, 0) is 6.42 Å². The van der Waals surface area contributed by atoms with Crippen molar-refractivity contribution in [3.8, 4) is 0 Å². The third kappa shape index (κ3) is 6.78. The van der Waals surface area contributed by atoms with Gasteiger partial charge in [0, 0.05) is 24.5 Å². The molecule has 17 heavy (non-hydrogen) atoms. The fourth-order valence-corrected chi connectivity index (χ4v) is 2.42. The number of rotatable bonds is 9. The van der Waals surface area contributed by atoms with Crippen molar-refractivity contribution in [1.29, 1.82) is 0 Å². The summed E-state index contributed by atoms with van der Waals surface area (Å²) in [6.07, 6.45) is 1.92. The van der Waals surface area contributed by atoms with Crippen molar-refractivity contribution in [3.63, 3.8) is 0 Å². The first kappa shape index (κ1) is 14.6. The molecule has 3 nitrogen and oxygen atoms in total. The molecule has 1 aromatic heterocycles. The highest BCUT2D eigenvalue weighted by Crippen LogP contribution is 2.09. The third-order valence-electron chi connectivity index (χ3n) is 2.65. The van der Waals surface area contributed by atoms with Crippen LogP contribution in [0.4, 0.5) is 0 Å². The average molecular weight is 256 g/mol. The molecule has 0 saturated heterocycles. The van der Waals surface area contributed by atoms with Gasteiger partial charge in [0.25, 0.3) is 0 Å². The van der Waals surface area contributed by atoms with Gasteiger partial charge in [-0.15, -0.1) is 11.3 Å². The summed E-state index contributed by atoms with van der Waals surface area (Å²) < 4.78 is 0.